The van der Waals surface area contributed by atoms with E-state index in [1.165, 1.54) is 0 Å². The van der Waals surface area contributed by atoms with E-state index in [0.717, 1.165) is 29.8 Å². The van der Waals surface area contributed by atoms with Crippen LogP contribution in [0.2, 0.25) is 0 Å². The highest BCUT2D eigenvalue weighted by Gasteiger charge is 2.17. The molecule has 6 heteroatoms. The first kappa shape index (κ1) is 14.3. The first-order valence-corrected chi connectivity index (χ1v) is 6.84. The molecule has 0 aromatic carbocycles. The largest absolute Gasteiger partial charge is 0.465 e. The molecule has 0 fully saturated rings. The van der Waals surface area contributed by atoms with E-state index in [4.69, 9.17) is 4.74 Å². The molecule has 6 nitrogen and oxygen atoms in total. The van der Waals surface area contributed by atoms with Gasteiger partial charge in [-0.3, -0.25) is 4.79 Å². The van der Waals surface area contributed by atoms with E-state index in [1.54, 1.807) is 19.4 Å². The second kappa shape index (κ2) is 6.36. The van der Waals surface area contributed by atoms with Crippen molar-refractivity contribution in [3.63, 3.8) is 0 Å². The predicted octanol–water partition coefficient (Wildman–Crippen LogP) is 1.75. The molecule has 108 valence electrons. The van der Waals surface area contributed by atoms with Crippen molar-refractivity contribution in [1.29, 1.82) is 0 Å². The quantitative estimate of drug-likeness (QED) is 0.752. The fraction of sp³-hybridized carbons (Fsp3) is 0.500. The molecule has 20 heavy (non-hydrogen) atoms. The molecule has 0 unspecified atom stereocenters. The number of fused-ring (bicyclic) bond motifs is 1. The van der Waals surface area contributed by atoms with Gasteiger partial charge in [0.05, 0.1) is 18.5 Å². The van der Waals surface area contributed by atoms with Gasteiger partial charge in [-0.1, -0.05) is 6.92 Å². The van der Waals surface area contributed by atoms with E-state index in [9.17, 15) is 4.79 Å². The van der Waals surface area contributed by atoms with E-state index in [-0.39, 0.29) is 12.5 Å². The van der Waals surface area contributed by atoms with Crippen molar-refractivity contribution < 1.29 is 9.53 Å². The molecule has 2 aromatic heterocycles. The summed E-state index contributed by atoms with van der Waals surface area (Å²) in [6.45, 7) is 5.20. The van der Waals surface area contributed by atoms with Crippen molar-refractivity contribution in [3.8, 4) is 0 Å². The summed E-state index contributed by atoms with van der Waals surface area (Å²) in [5, 5.41) is 0. The maximum atomic E-state index is 11.7. The number of aryl methyl sites for hydroxylation is 1. The predicted molar refractivity (Wildman–Crippen MR) is 77.6 cm³/mol. The van der Waals surface area contributed by atoms with Crippen molar-refractivity contribution >= 4 is 22.8 Å². The molecule has 0 aliphatic rings. The van der Waals surface area contributed by atoms with Gasteiger partial charge in [-0.2, -0.15) is 0 Å². The summed E-state index contributed by atoms with van der Waals surface area (Å²) >= 11 is 0. The average Bonchev–Trinajstić information content (AvgIpc) is 2.81. The first-order chi connectivity index (χ1) is 9.67. The molecule has 0 aliphatic heterocycles. The van der Waals surface area contributed by atoms with E-state index in [1.807, 2.05) is 22.6 Å². The molecular weight excluding hydrogens is 256 g/mol. The lowest BCUT2D eigenvalue weighted by Crippen LogP contribution is -2.32. The van der Waals surface area contributed by atoms with Gasteiger partial charge in [-0.25, -0.2) is 9.97 Å². The van der Waals surface area contributed by atoms with Crippen molar-refractivity contribution in [3.05, 3.63) is 18.6 Å². The summed E-state index contributed by atoms with van der Waals surface area (Å²) < 4.78 is 6.96. The van der Waals surface area contributed by atoms with Crippen molar-refractivity contribution in [1.82, 2.24) is 14.5 Å². The zero-order valence-corrected chi connectivity index (χ0v) is 12.2. The average molecular weight is 276 g/mol. The second-order valence-electron chi connectivity index (χ2n) is 4.58. The maximum absolute atomic E-state index is 11.7. The Bertz CT molecular complexity index is 594. The van der Waals surface area contributed by atoms with E-state index in [2.05, 4.69) is 16.9 Å². The van der Waals surface area contributed by atoms with Gasteiger partial charge in [0.25, 0.3) is 0 Å². The lowest BCUT2D eigenvalue weighted by molar-refractivity contribution is -0.141. The van der Waals surface area contributed by atoms with E-state index in [0.29, 0.717) is 6.61 Å². The van der Waals surface area contributed by atoms with Gasteiger partial charge in [-0.15, -0.1) is 0 Å². The fourth-order valence-electron chi connectivity index (χ4n) is 2.17. The number of anilines is 1. The standard InChI is InChI=1S/C14H20N4O2/c1-4-8-18(9-12(19)20-5-2)14-13-11(6-7-15-14)17(3)10-16-13/h6-7,10H,4-5,8-9H2,1-3H3. The van der Waals surface area contributed by atoms with Gasteiger partial charge in [0, 0.05) is 19.8 Å². The van der Waals surface area contributed by atoms with Crippen LogP contribution in [0.5, 0.6) is 0 Å². The third kappa shape index (κ3) is 2.89. The molecule has 2 heterocycles. The lowest BCUT2D eigenvalue weighted by atomic mass is 10.3. The number of aromatic nitrogens is 3. The summed E-state index contributed by atoms with van der Waals surface area (Å²) in [4.78, 5) is 22.4. The van der Waals surface area contributed by atoms with Crippen LogP contribution in [0.15, 0.2) is 18.6 Å². The van der Waals surface area contributed by atoms with E-state index < -0.39 is 0 Å². The molecule has 0 saturated heterocycles. The molecule has 0 amide bonds. The number of nitrogens with zero attached hydrogens (tertiary/aromatic N) is 4. The second-order valence-corrected chi connectivity index (χ2v) is 4.58. The molecule has 2 rings (SSSR count). The third-order valence-electron chi connectivity index (χ3n) is 3.04. The van der Waals surface area contributed by atoms with Crippen LogP contribution in [-0.4, -0.2) is 40.2 Å². The number of esters is 1. The number of carbonyl (C=O) groups is 1. The molecule has 0 radical (unpaired) electrons. The van der Waals surface area contributed by atoms with Crippen molar-refractivity contribution in [2.24, 2.45) is 7.05 Å². The first-order valence-electron chi connectivity index (χ1n) is 6.84. The van der Waals surface area contributed by atoms with Crippen LogP contribution in [0.1, 0.15) is 20.3 Å². The van der Waals surface area contributed by atoms with Crippen LogP contribution in [0, 0.1) is 0 Å². The molecule has 0 spiro atoms. The Morgan fingerprint density at radius 3 is 2.90 bits per heavy atom. The van der Waals surface area contributed by atoms with Crippen LogP contribution in [-0.2, 0) is 16.6 Å². The van der Waals surface area contributed by atoms with E-state index >= 15 is 0 Å². The Labute approximate surface area is 118 Å². The molecule has 0 saturated carbocycles. The molecule has 0 atom stereocenters. The Balaban J connectivity index is 2.33. The highest BCUT2D eigenvalue weighted by molar-refractivity contribution is 5.88. The smallest absolute Gasteiger partial charge is 0.325 e. The summed E-state index contributed by atoms with van der Waals surface area (Å²) in [6.07, 6.45) is 4.42. The van der Waals surface area contributed by atoms with Crippen LogP contribution < -0.4 is 4.90 Å². The molecular formula is C14H20N4O2. The number of carbonyl (C=O) groups excluding carboxylic acids is 1. The number of ether oxygens (including phenoxy) is 1. The van der Waals surface area contributed by atoms with Crippen LogP contribution >= 0.6 is 0 Å². The summed E-state index contributed by atoms with van der Waals surface area (Å²) in [5.41, 5.74) is 1.81. The van der Waals surface area contributed by atoms with Gasteiger partial charge in [0.1, 0.15) is 12.1 Å². The minimum atomic E-state index is -0.240. The fourth-order valence-corrected chi connectivity index (χ4v) is 2.17. The van der Waals surface area contributed by atoms with Gasteiger partial charge in [-0.05, 0) is 19.4 Å². The summed E-state index contributed by atoms with van der Waals surface area (Å²) in [7, 11) is 1.94. The molecule has 0 aliphatic carbocycles. The Morgan fingerprint density at radius 1 is 1.40 bits per heavy atom. The zero-order chi connectivity index (χ0) is 14.5. The molecule has 2 aromatic rings. The Morgan fingerprint density at radius 2 is 2.20 bits per heavy atom. The molecule has 0 N–H and O–H groups in total. The van der Waals surface area contributed by atoms with Crippen LogP contribution in [0.25, 0.3) is 11.0 Å². The topological polar surface area (TPSA) is 60.3 Å². The monoisotopic (exact) mass is 276 g/mol. The van der Waals surface area contributed by atoms with Crippen molar-refractivity contribution in [2.75, 3.05) is 24.6 Å². The Kier molecular flexibility index (Phi) is 4.55. The van der Waals surface area contributed by atoms with Gasteiger partial charge in [0.2, 0.25) is 0 Å². The lowest BCUT2D eigenvalue weighted by Gasteiger charge is -2.22. The highest BCUT2D eigenvalue weighted by Crippen LogP contribution is 2.22. The number of imidazole rings is 1. The Hall–Kier alpha value is -2.11. The van der Waals surface area contributed by atoms with Crippen molar-refractivity contribution in [2.45, 2.75) is 20.3 Å². The number of hydrogen-bond donors (Lipinski definition) is 0. The van der Waals surface area contributed by atoms with Crippen LogP contribution in [0.4, 0.5) is 5.82 Å². The number of rotatable bonds is 6. The maximum Gasteiger partial charge on any atom is 0.325 e. The third-order valence-corrected chi connectivity index (χ3v) is 3.04. The highest BCUT2D eigenvalue weighted by atomic mass is 16.5. The zero-order valence-electron chi connectivity index (χ0n) is 12.2. The normalized spacial score (nSPS) is 10.8. The van der Waals surface area contributed by atoms with Gasteiger partial charge in [0.15, 0.2) is 5.82 Å². The SMILES string of the molecule is CCCN(CC(=O)OCC)c1nccc2c1ncn2C. The summed E-state index contributed by atoms with van der Waals surface area (Å²) in [5.74, 6) is 0.494. The van der Waals surface area contributed by atoms with Crippen LogP contribution in [0.3, 0.4) is 0 Å². The molecule has 0 bridgehead atoms. The van der Waals surface area contributed by atoms with Gasteiger partial charge < -0.3 is 14.2 Å². The summed E-state index contributed by atoms with van der Waals surface area (Å²) in [6, 6.07) is 1.92. The van der Waals surface area contributed by atoms with Gasteiger partial charge >= 0.3 is 5.97 Å². The minimum absolute atomic E-state index is 0.199. The number of hydrogen-bond acceptors (Lipinski definition) is 5. The number of pyridine rings is 1. The minimum Gasteiger partial charge on any atom is -0.465 e.